The Hall–Kier alpha value is -2.87. The molecule has 5 rings (SSSR count). The third kappa shape index (κ3) is 4.94. The van der Waals surface area contributed by atoms with Crippen molar-refractivity contribution in [2.45, 2.75) is 63.6 Å². The average molecular weight is 481 g/mol. The van der Waals surface area contributed by atoms with Gasteiger partial charge >= 0.3 is 0 Å². The number of carbonyl (C=O) groups excluding carboxylic acids is 3. The van der Waals surface area contributed by atoms with Crippen LogP contribution in [0.2, 0.25) is 0 Å². The van der Waals surface area contributed by atoms with E-state index in [2.05, 4.69) is 28.7 Å². The lowest BCUT2D eigenvalue weighted by molar-refractivity contribution is -0.136. The number of benzene rings is 1. The van der Waals surface area contributed by atoms with E-state index in [1.807, 2.05) is 12.1 Å². The fourth-order valence-corrected chi connectivity index (χ4v) is 5.96. The highest BCUT2D eigenvalue weighted by molar-refractivity contribution is 6.05. The van der Waals surface area contributed by atoms with E-state index >= 15 is 0 Å². The first-order valence-electron chi connectivity index (χ1n) is 12.9. The molecule has 1 N–H and O–H groups in total. The fourth-order valence-electron chi connectivity index (χ4n) is 5.96. The maximum absolute atomic E-state index is 12.9. The number of hydrogen-bond acceptors (Lipinski definition) is 6. The number of hydrogen-bond donors (Lipinski definition) is 1. The lowest BCUT2D eigenvalue weighted by Gasteiger charge is -2.42. The van der Waals surface area contributed by atoms with Gasteiger partial charge in [0.1, 0.15) is 18.4 Å². The minimum atomic E-state index is -0.599. The number of ether oxygens (including phenoxy) is 1. The summed E-state index contributed by atoms with van der Waals surface area (Å²) in [7, 11) is 2.19. The molecule has 0 aromatic heterocycles. The first-order chi connectivity index (χ1) is 16.9. The van der Waals surface area contributed by atoms with Crippen LogP contribution >= 0.6 is 0 Å². The molecule has 3 fully saturated rings. The van der Waals surface area contributed by atoms with Crippen molar-refractivity contribution >= 4 is 17.7 Å². The van der Waals surface area contributed by atoms with Crippen LogP contribution in [-0.4, -0.2) is 77.8 Å². The van der Waals surface area contributed by atoms with Gasteiger partial charge in [-0.15, -0.1) is 0 Å². The second kappa shape index (κ2) is 10.0. The van der Waals surface area contributed by atoms with E-state index in [4.69, 9.17) is 4.74 Å². The number of carbonyl (C=O) groups is 3. The lowest BCUT2D eigenvalue weighted by atomic mass is 9.91. The van der Waals surface area contributed by atoms with E-state index in [1.54, 1.807) is 11.0 Å². The van der Waals surface area contributed by atoms with Gasteiger partial charge in [-0.2, -0.15) is 0 Å². The van der Waals surface area contributed by atoms with Gasteiger partial charge in [0.05, 0.1) is 6.04 Å². The van der Waals surface area contributed by atoms with E-state index in [-0.39, 0.29) is 24.1 Å². The minimum absolute atomic E-state index is 0.158. The van der Waals surface area contributed by atoms with Crippen LogP contribution in [0.15, 0.2) is 30.5 Å². The quantitative estimate of drug-likeness (QED) is 0.631. The molecule has 3 saturated heterocycles. The molecule has 4 heterocycles. The van der Waals surface area contributed by atoms with Crippen LogP contribution in [0.25, 0.3) is 0 Å². The molecule has 4 aliphatic heterocycles. The van der Waals surface area contributed by atoms with Crippen molar-refractivity contribution in [1.29, 1.82) is 0 Å². The Morgan fingerprint density at radius 3 is 2.66 bits per heavy atom. The van der Waals surface area contributed by atoms with Crippen LogP contribution in [0.5, 0.6) is 5.75 Å². The molecule has 8 heteroatoms. The summed E-state index contributed by atoms with van der Waals surface area (Å²) in [5.74, 6) is 0.476. The Kier molecular flexibility index (Phi) is 6.82. The number of fused-ring (bicyclic) bond motifs is 1. The zero-order chi connectivity index (χ0) is 24.5. The largest absolute Gasteiger partial charge is 0.491 e. The third-order valence-electron chi connectivity index (χ3n) is 8.12. The number of piperidine rings is 3. The smallest absolute Gasteiger partial charge is 0.255 e. The molecule has 1 unspecified atom stereocenters. The Morgan fingerprint density at radius 2 is 1.89 bits per heavy atom. The summed E-state index contributed by atoms with van der Waals surface area (Å²) in [4.78, 5) is 43.1. The van der Waals surface area contributed by atoms with Crippen molar-refractivity contribution in [2.75, 3.05) is 33.3 Å². The summed E-state index contributed by atoms with van der Waals surface area (Å²) in [6.07, 6.45) is 6.45. The van der Waals surface area contributed by atoms with Gasteiger partial charge in [0.2, 0.25) is 11.8 Å². The maximum atomic E-state index is 12.9. The standard InChI is InChI=1S/C27H36N4O4/c1-18(19-10-13-29(2)14-11-19)30-12-4-3-5-21(30)17-35-22-6-7-23-20(15-22)16-31(27(23)34)24-8-9-25(32)28-26(24)33/h6-7,15,19,21,24H,1,3-5,8-14,16-17H2,2H3,(H,28,32,33)/t21-,24?/m0/s1. The molecular formula is C27H36N4O4. The number of imide groups is 1. The SMILES string of the molecule is C=C(C1CCN(C)CC1)N1CCCC[C@H]1COc1ccc2c(c1)CN(C1CCC(=O)NC1=O)C2=O. The zero-order valence-electron chi connectivity index (χ0n) is 20.6. The van der Waals surface area contributed by atoms with Crippen LogP contribution in [0.1, 0.15) is 60.9 Å². The van der Waals surface area contributed by atoms with Crippen LogP contribution in [-0.2, 0) is 16.1 Å². The Balaban J connectivity index is 1.21. The predicted molar refractivity (Wildman–Crippen MR) is 132 cm³/mol. The highest BCUT2D eigenvalue weighted by atomic mass is 16.5. The summed E-state index contributed by atoms with van der Waals surface area (Å²) >= 11 is 0. The van der Waals surface area contributed by atoms with Crippen molar-refractivity contribution < 1.29 is 19.1 Å². The van der Waals surface area contributed by atoms with Gasteiger partial charge in [0.15, 0.2) is 0 Å². The van der Waals surface area contributed by atoms with Gasteiger partial charge in [-0.05, 0) is 82.4 Å². The molecule has 2 atom stereocenters. The summed E-state index contributed by atoms with van der Waals surface area (Å²) in [5, 5.41) is 2.35. The molecule has 188 valence electrons. The van der Waals surface area contributed by atoms with E-state index in [9.17, 15) is 14.4 Å². The number of likely N-dealkylation sites (tertiary alicyclic amines) is 2. The summed E-state index contributed by atoms with van der Waals surface area (Å²) in [6.45, 7) is 8.76. The first kappa shape index (κ1) is 23.9. The summed E-state index contributed by atoms with van der Waals surface area (Å²) in [5.41, 5.74) is 2.75. The van der Waals surface area contributed by atoms with Gasteiger partial charge in [-0.3, -0.25) is 19.7 Å². The van der Waals surface area contributed by atoms with Gasteiger partial charge in [0.25, 0.3) is 5.91 Å². The second-order valence-electron chi connectivity index (χ2n) is 10.4. The van der Waals surface area contributed by atoms with Crippen LogP contribution in [0, 0.1) is 5.92 Å². The Bertz CT molecular complexity index is 1020. The van der Waals surface area contributed by atoms with Crippen molar-refractivity contribution in [2.24, 2.45) is 5.92 Å². The number of nitrogens with one attached hydrogen (secondary N) is 1. The Morgan fingerprint density at radius 1 is 1.09 bits per heavy atom. The molecule has 0 aliphatic carbocycles. The zero-order valence-corrected chi connectivity index (χ0v) is 20.6. The molecule has 0 radical (unpaired) electrons. The van der Waals surface area contributed by atoms with Crippen molar-refractivity contribution in [1.82, 2.24) is 20.0 Å². The summed E-state index contributed by atoms with van der Waals surface area (Å²) in [6, 6.07) is 5.29. The number of nitrogens with zero attached hydrogens (tertiary/aromatic N) is 3. The highest BCUT2D eigenvalue weighted by Crippen LogP contribution is 2.33. The van der Waals surface area contributed by atoms with Crippen LogP contribution in [0.4, 0.5) is 0 Å². The maximum Gasteiger partial charge on any atom is 0.255 e. The molecular weight excluding hydrogens is 444 g/mol. The van der Waals surface area contributed by atoms with Gasteiger partial charge < -0.3 is 19.4 Å². The molecule has 1 aromatic carbocycles. The molecule has 8 nitrogen and oxygen atoms in total. The summed E-state index contributed by atoms with van der Waals surface area (Å²) < 4.78 is 6.26. The fraction of sp³-hybridized carbons (Fsp3) is 0.593. The Labute approximate surface area is 207 Å². The molecule has 35 heavy (non-hydrogen) atoms. The number of allylic oxidation sites excluding steroid dienone is 1. The normalized spacial score (nSPS) is 26.0. The van der Waals surface area contributed by atoms with Gasteiger partial charge in [-0.25, -0.2) is 0 Å². The monoisotopic (exact) mass is 480 g/mol. The van der Waals surface area contributed by atoms with Crippen molar-refractivity contribution in [3.05, 3.63) is 41.6 Å². The molecule has 0 bridgehead atoms. The highest BCUT2D eigenvalue weighted by Gasteiger charge is 2.39. The third-order valence-corrected chi connectivity index (χ3v) is 8.12. The number of amides is 3. The van der Waals surface area contributed by atoms with Crippen LogP contribution < -0.4 is 10.1 Å². The van der Waals surface area contributed by atoms with E-state index < -0.39 is 6.04 Å². The molecule has 4 aliphatic rings. The lowest BCUT2D eigenvalue weighted by Crippen LogP contribution is -2.52. The van der Waals surface area contributed by atoms with Crippen molar-refractivity contribution in [3.63, 3.8) is 0 Å². The predicted octanol–water partition coefficient (Wildman–Crippen LogP) is 2.54. The van der Waals surface area contributed by atoms with E-state index in [0.29, 0.717) is 37.1 Å². The van der Waals surface area contributed by atoms with Crippen molar-refractivity contribution in [3.8, 4) is 5.75 Å². The second-order valence-corrected chi connectivity index (χ2v) is 10.4. The average Bonchev–Trinajstić information content (AvgIpc) is 3.18. The van der Waals surface area contributed by atoms with Gasteiger partial charge in [-0.1, -0.05) is 6.58 Å². The van der Waals surface area contributed by atoms with E-state index in [1.165, 1.54) is 31.4 Å². The minimum Gasteiger partial charge on any atom is -0.491 e. The first-order valence-corrected chi connectivity index (χ1v) is 12.9. The molecule has 0 spiro atoms. The number of rotatable bonds is 6. The van der Waals surface area contributed by atoms with Crippen LogP contribution in [0.3, 0.4) is 0 Å². The topological polar surface area (TPSA) is 82.2 Å². The molecule has 3 amide bonds. The van der Waals surface area contributed by atoms with Gasteiger partial charge in [0, 0.05) is 36.7 Å². The molecule has 0 saturated carbocycles. The van der Waals surface area contributed by atoms with E-state index in [0.717, 1.165) is 37.4 Å². The molecule has 1 aromatic rings.